The highest BCUT2D eigenvalue weighted by molar-refractivity contribution is 5.85. The van der Waals surface area contributed by atoms with Crippen molar-refractivity contribution in [2.45, 2.75) is 18.4 Å². The van der Waals surface area contributed by atoms with Gasteiger partial charge in [-0.15, -0.1) is 12.4 Å². The summed E-state index contributed by atoms with van der Waals surface area (Å²) < 4.78 is 5.23. The standard InChI is InChI=1S/C16H19NO2.ClH/c1-19-15-5-3-12-10-14(4-2-13(12)11-15)16(18)6-8-17-9-7-16;/h2-5,10-11,17-18H,6-9H2,1H3;1H. The quantitative estimate of drug-likeness (QED) is 0.895. The van der Waals surface area contributed by atoms with Gasteiger partial charge in [0, 0.05) is 0 Å². The molecule has 1 aliphatic heterocycles. The highest BCUT2D eigenvalue weighted by Gasteiger charge is 2.30. The predicted molar refractivity (Wildman–Crippen MR) is 83.7 cm³/mol. The van der Waals surface area contributed by atoms with Gasteiger partial charge >= 0.3 is 0 Å². The fourth-order valence-corrected chi connectivity index (χ4v) is 2.77. The van der Waals surface area contributed by atoms with E-state index in [2.05, 4.69) is 17.4 Å². The fraction of sp³-hybridized carbons (Fsp3) is 0.375. The Morgan fingerprint density at radius 2 is 1.70 bits per heavy atom. The van der Waals surface area contributed by atoms with E-state index in [0.29, 0.717) is 0 Å². The second kappa shape index (κ2) is 6.00. The van der Waals surface area contributed by atoms with Crippen LogP contribution < -0.4 is 10.1 Å². The summed E-state index contributed by atoms with van der Waals surface area (Å²) in [5, 5.41) is 16.3. The lowest BCUT2D eigenvalue weighted by Gasteiger charge is -2.33. The Hall–Kier alpha value is -1.29. The van der Waals surface area contributed by atoms with Crippen molar-refractivity contribution in [1.82, 2.24) is 5.32 Å². The molecule has 0 atom stereocenters. The molecule has 1 saturated heterocycles. The Balaban J connectivity index is 0.00000147. The zero-order valence-corrected chi connectivity index (χ0v) is 12.4. The van der Waals surface area contributed by atoms with Crippen molar-refractivity contribution in [3.05, 3.63) is 42.0 Å². The summed E-state index contributed by atoms with van der Waals surface area (Å²) in [6, 6.07) is 12.2. The molecular weight excluding hydrogens is 274 g/mol. The number of rotatable bonds is 2. The number of fused-ring (bicyclic) bond motifs is 1. The normalized spacial score (nSPS) is 17.5. The van der Waals surface area contributed by atoms with E-state index in [1.807, 2.05) is 24.3 Å². The Labute approximate surface area is 125 Å². The summed E-state index contributed by atoms with van der Waals surface area (Å²) >= 11 is 0. The maximum Gasteiger partial charge on any atom is 0.119 e. The Kier molecular flexibility index (Phi) is 4.53. The van der Waals surface area contributed by atoms with E-state index < -0.39 is 5.60 Å². The lowest BCUT2D eigenvalue weighted by Crippen LogP contribution is -2.39. The van der Waals surface area contributed by atoms with E-state index >= 15 is 0 Å². The van der Waals surface area contributed by atoms with Crippen LogP contribution in [0.1, 0.15) is 18.4 Å². The molecule has 2 N–H and O–H groups in total. The van der Waals surface area contributed by atoms with Crippen LogP contribution in [0.3, 0.4) is 0 Å². The smallest absolute Gasteiger partial charge is 0.119 e. The number of aliphatic hydroxyl groups is 1. The molecular formula is C16H20ClNO2. The molecule has 0 radical (unpaired) electrons. The molecule has 3 nitrogen and oxygen atoms in total. The molecule has 3 rings (SSSR count). The van der Waals surface area contributed by atoms with Gasteiger partial charge in [0.2, 0.25) is 0 Å². The van der Waals surface area contributed by atoms with Gasteiger partial charge < -0.3 is 15.2 Å². The van der Waals surface area contributed by atoms with Gasteiger partial charge in [0.05, 0.1) is 12.7 Å². The third-order valence-corrected chi connectivity index (χ3v) is 4.02. The minimum atomic E-state index is -0.681. The van der Waals surface area contributed by atoms with Crippen LogP contribution in [0.15, 0.2) is 36.4 Å². The zero-order chi connectivity index (χ0) is 13.3. The summed E-state index contributed by atoms with van der Waals surface area (Å²) in [6.45, 7) is 1.74. The Morgan fingerprint density at radius 3 is 2.40 bits per heavy atom. The molecule has 0 saturated carbocycles. The molecule has 0 aromatic heterocycles. The van der Waals surface area contributed by atoms with Crippen LogP contribution in [0, 0.1) is 0 Å². The monoisotopic (exact) mass is 293 g/mol. The van der Waals surface area contributed by atoms with E-state index in [1.54, 1.807) is 7.11 Å². The topological polar surface area (TPSA) is 41.5 Å². The molecule has 108 valence electrons. The third-order valence-electron chi connectivity index (χ3n) is 4.02. The van der Waals surface area contributed by atoms with Crippen LogP contribution in [0.4, 0.5) is 0 Å². The van der Waals surface area contributed by atoms with Gasteiger partial charge in [-0.05, 0) is 60.5 Å². The number of ether oxygens (including phenoxy) is 1. The molecule has 4 heteroatoms. The minimum Gasteiger partial charge on any atom is -0.497 e. The van der Waals surface area contributed by atoms with Gasteiger partial charge in [-0.3, -0.25) is 0 Å². The molecule has 0 amide bonds. The summed E-state index contributed by atoms with van der Waals surface area (Å²) in [4.78, 5) is 0. The van der Waals surface area contributed by atoms with E-state index in [9.17, 15) is 5.11 Å². The number of nitrogens with one attached hydrogen (secondary N) is 1. The van der Waals surface area contributed by atoms with Crippen molar-refractivity contribution in [1.29, 1.82) is 0 Å². The van der Waals surface area contributed by atoms with Gasteiger partial charge in [-0.2, -0.15) is 0 Å². The number of methoxy groups -OCH3 is 1. The number of piperidine rings is 1. The molecule has 1 fully saturated rings. The van der Waals surface area contributed by atoms with Crippen molar-refractivity contribution in [2.75, 3.05) is 20.2 Å². The van der Waals surface area contributed by atoms with Gasteiger partial charge in [0.1, 0.15) is 5.75 Å². The third kappa shape index (κ3) is 2.75. The molecule has 2 aromatic carbocycles. The molecule has 0 aliphatic carbocycles. The summed E-state index contributed by atoms with van der Waals surface area (Å²) in [6.07, 6.45) is 1.54. The Bertz CT molecular complexity index is 594. The highest BCUT2D eigenvalue weighted by Crippen LogP contribution is 2.33. The summed E-state index contributed by atoms with van der Waals surface area (Å²) in [7, 11) is 1.67. The zero-order valence-electron chi connectivity index (χ0n) is 11.6. The molecule has 2 aromatic rings. The Morgan fingerprint density at radius 1 is 1.05 bits per heavy atom. The molecule has 0 unspecified atom stereocenters. The van der Waals surface area contributed by atoms with Crippen molar-refractivity contribution in [2.24, 2.45) is 0 Å². The first-order valence-electron chi connectivity index (χ1n) is 6.73. The number of hydrogen-bond acceptors (Lipinski definition) is 3. The van der Waals surface area contributed by atoms with Crippen molar-refractivity contribution >= 4 is 23.2 Å². The number of hydrogen-bond donors (Lipinski definition) is 2. The van der Waals surface area contributed by atoms with E-state index in [0.717, 1.165) is 48.0 Å². The highest BCUT2D eigenvalue weighted by atomic mass is 35.5. The first-order valence-corrected chi connectivity index (χ1v) is 6.73. The van der Waals surface area contributed by atoms with Crippen LogP contribution in [0.5, 0.6) is 5.75 Å². The van der Waals surface area contributed by atoms with Gasteiger partial charge in [0.15, 0.2) is 0 Å². The van der Waals surface area contributed by atoms with Gasteiger partial charge in [0.25, 0.3) is 0 Å². The molecule has 1 heterocycles. The van der Waals surface area contributed by atoms with Crippen LogP contribution >= 0.6 is 12.4 Å². The van der Waals surface area contributed by atoms with E-state index in [1.165, 1.54) is 0 Å². The summed E-state index contributed by atoms with van der Waals surface area (Å²) in [5.41, 5.74) is 0.339. The molecule has 0 spiro atoms. The molecule has 0 bridgehead atoms. The van der Waals surface area contributed by atoms with Crippen LogP contribution in [-0.4, -0.2) is 25.3 Å². The SMILES string of the molecule is COc1ccc2cc(C3(O)CCNCC3)ccc2c1.Cl. The minimum absolute atomic E-state index is 0. The first-order chi connectivity index (χ1) is 9.21. The van der Waals surface area contributed by atoms with Crippen molar-refractivity contribution < 1.29 is 9.84 Å². The average molecular weight is 294 g/mol. The second-order valence-electron chi connectivity index (χ2n) is 5.21. The lowest BCUT2D eigenvalue weighted by molar-refractivity contribution is 0.00606. The van der Waals surface area contributed by atoms with Crippen LogP contribution in [-0.2, 0) is 5.60 Å². The van der Waals surface area contributed by atoms with Gasteiger partial charge in [-0.25, -0.2) is 0 Å². The predicted octanol–water partition coefficient (Wildman–Crippen LogP) is 2.84. The summed E-state index contributed by atoms with van der Waals surface area (Å²) in [5.74, 6) is 0.862. The van der Waals surface area contributed by atoms with Crippen molar-refractivity contribution in [3.8, 4) is 5.75 Å². The average Bonchev–Trinajstić information content (AvgIpc) is 2.47. The maximum absolute atomic E-state index is 10.7. The largest absolute Gasteiger partial charge is 0.497 e. The fourth-order valence-electron chi connectivity index (χ4n) is 2.77. The van der Waals surface area contributed by atoms with Crippen LogP contribution in [0.2, 0.25) is 0 Å². The number of halogens is 1. The maximum atomic E-state index is 10.7. The number of benzene rings is 2. The molecule has 20 heavy (non-hydrogen) atoms. The lowest BCUT2D eigenvalue weighted by atomic mass is 9.84. The second-order valence-corrected chi connectivity index (χ2v) is 5.21. The van der Waals surface area contributed by atoms with Crippen molar-refractivity contribution in [3.63, 3.8) is 0 Å². The van der Waals surface area contributed by atoms with E-state index in [4.69, 9.17) is 4.74 Å². The van der Waals surface area contributed by atoms with Gasteiger partial charge in [-0.1, -0.05) is 18.2 Å². The molecule has 1 aliphatic rings. The van der Waals surface area contributed by atoms with Crippen LogP contribution in [0.25, 0.3) is 10.8 Å². The van der Waals surface area contributed by atoms with E-state index in [-0.39, 0.29) is 12.4 Å². The first kappa shape index (κ1) is 15.1.